The largest absolute Gasteiger partial charge is 0.466 e. The Morgan fingerprint density at radius 1 is 1.30 bits per heavy atom. The maximum atomic E-state index is 12.7. The van der Waals surface area contributed by atoms with Gasteiger partial charge >= 0.3 is 5.97 Å². The fourth-order valence-corrected chi connectivity index (χ4v) is 5.43. The van der Waals surface area contributed by atoms with Gasteiger partial charge in [0.25, 0.3) is 0 Å². The molecule has 0 saturated carbocycles. The topological polar surface area (TPSA) is 54.9 Å². The summed E-state index contributed by atoms with van der Waals surface area (Å²) in [6, 6.07) is 0. The van der Waals surface area contributed by atoms with Crippen LogP contribution in [0.15, 0.2) is 0 Å². The molecule has 0 aromatic carbocycles. The molecule has 8 heteroatoms. The van der Waals surface area contributed by atoms with E-state index in [9.17, 15) is 4.79 Å². The predicted octanol–water partition coefficient (Wildman–Crippen LogP) is 3.58. The van der Waals surface area contributed by atoms with Crippen molar-refractivity contribution in [3.8, 4) is 0 Å². The van der Waals surface area contributed by atoms with E-state index >= 15 is 0 Å². The van der Waals surface area contributed by atoms with E-state index in [0.717, 1.165) is 49.0 Å². The van der Waals surface area contributed by atoms with E-state index in [1.807, 2.05) is 6.92 Å². The average molecular weight is 416 g/mol. The lowest BCUT2D eigenvalue weighted by molar-refractivity contribution is -0.160. The Balaban J connectivity index is 1.70. The molecule has 1 atom stereocenters. The van der Waals surface area contributed by atoms with Crippen molar-refractivity contribution < 1.29 is 14.3 Å². The van der Waals surface area contributed by atoms with E-state index in [1.54, 1.807) is 18.4 Å². The SMILES string of the molecule is CCOC(=O)C1(CCOC)CCCN(Cc2sc(N3CCCC3)nc2Cl)C1. The number of anilines is 1. The minimum atomic E-state index is -0.487. The lowest BCUT2D eigenvalue weighted by Gasteiger charge is -2.40. The number of piperidine rings is 1. The highest BCUT2D eigenvalue weighted by molar-refractivity contribution is 7.16. The Labute approximate surface area is 170 Å². The number of carbonyl (C=O) groups is 1. The summed E-state index contributed by atoms with van der Waals surface area (Å²) in [7, 11) is 1.68. The van der Waals surface area contributed by atoms with Crippen LogP contribution in [0.3, 0.4) is 0 Å². The molecule has 0 amide bonds. The van der Waals surface area contributed by atoms with E-state index in [4.69, 9.17) is 21.1 Å². The Kier molecular flexibility index (Phi) is 7.36. The van der Waals surface area contributed by atoms with Gasteiger partial charge in [-0.25, -0.2) is 4.98 Å². The molecule has 1 aromatic heterocycles. The van der Waals surface area contributed by atoms with E-state index in [2.05, 4.69) is 14.8 Å². The third kappa shape index (κ3) is 4.94. The number of thiazole rings is 1. The van der Waals surface area contributed by atoms with Crippen LogP contribution in [0.1, 0.15) is 43.9 Å². The van der Waals surface area contributed by atoms with Gasteiger partial charge in [-0.15, -0.1) is 0 Å². The molecule has 6 nitrogen and oxygen atoms in total. The zero-order chi connectivity index (χ0) is 19.3. The molecular formula is C19H30ClN3O3S. The van der Waals surface area contributed by atoms with Gasteiger partial charge in [-0.2, -0.15) is 0 Å². The number of aromatic nitrogens is 1. The van der Waals surface area contributed by atoms with Crippen molar-refractivity contribution >= 4 is 34.0 Å². The third-order valence-electron chi connectivity index (χ3n) is 5.53. The second-order valence-electron chi connectivity index (χ2n) is 7.46. The molecule has 0 bridgehead atoms. The van der Waals surface area contributed by atoms with Crippen LogP contribution in [-0.4, -0.2) is 62.4 Å². The van der Waals surface area contributed by atoms with Crippen molar-refractivity contribution in [3.63, 3.8) is 0 Å². The Hall–Kier alpha value is -0.890. The number of hydrogen-bond acceptors (Lipinski definition) is 7. The first-order valence-electron chi connectivity index (χ1n) is 9.86. The molecule has 0 aliphatic carbocycles. The summed E-state index contributed by atoms with van der Waals surface area (Å²) in [6.07, 6.45) is 4.95. The lowest BCUT2D eigenvalue weighted by atomic mass is 9.77. The highest BCUT2D eigenvalue weighted by Gasteiger charge is 2.43. The zero-order valence-electron chi connectivity index (χ0n) is 16.3. The van der Waals surface area contributed by atoms with E-state index in [-0.39, 0.29) is 5.97 Å². The number of methoxy groups -OCH3 is 1. The second kappa shape index (κ2) is 9.54. The van der Waals surface area contributed by atoms with Crippen molar-refractivity contribution in [1.82, 2.24) is 9.88 Å². The smallest absolute Gasteiger partial charge is 0.313 e. The summed E-state index contributed by atoms with van der Waals surface area (Å²) < 4.78 is 10.7. The van der Waals surface area contributed by atoms with Gasteiger partial charge < -0.3 is 14.4 Å². The average Bonchev–Trinajstić information content (AvgIpc) is 3.31. The number of likely N-dealkylation sites (tertiary alicyclic amines) is 1. The van der Waals surface area contributed by atoms with Crippen LogP contribution in [0.25, 0.3) is 0 Å². The highest BCUT2D eigenvalue weighted by Crippen LogP contribution is 2.38. The number of ether oxygens (including phenoxy) is 2. The summed E-state index contributed by atoms with van der Waals surface area (Å²) >= 11 is 8.13. The molecule has 2 aliphatic heterocycles. The lowest BCUT2D eigenvalue weighted by Crippen LogP contribution is -2.48. The fourth-order valence-electron chi connectivity index (χ4n) is 4.08. The molecule has 1 aromatic rings. The summed E-state index contributed by atoms with van der Waals surface area (Å²) in [5.74, 6) is -0.0973. The third-order valence-corrected chi connectivity index (χ3v) is 7.06. The standard InChI is InChI=1S/C19H30ClN3O3S/c1-3-26-17(24)19(8-12-25-2)7-6-9-22(14-19)13-15-16(20)21-18(27-15)23-10-4-5-11-23/h3-14H2,1-2H3. The van der Waals surface area contributed by atoms with Gasteiger partial charge in [-0.05, 0) is 45.6 Å². The van der Waals surface area contributed by atoms with Gasteiger partial charge in [0.2, 0.25) is 0 Å². The van der Waals surface area contributed by atoms with E-state index in [1.165, 1.54) is 12.8 Å². The van der Waals surface area contributed by atoms with Gasteiger partial charge in [-0.3, -0.25) is 9.69 Å². The summed E-state index contributed by atoms with van der Waals surface area (Å²) in [5.41, 5.74) is -0.487. The molecule has 2 saturated heterocycles. The van der Waals surface area contributed by atoms with Gasteiger partial charge in [-0.1, -0.05) is 22.9 Å². The van der Waals surface area contributed by atoms with Crippen LogP contribution in [-0.2, 0) is 20.8 Å². The first kappa shape index (κ1) is 20.8. The van der Waals surface area contributed by atoms with Crippen LogP contribution >= 0.6 is 22.9 Å². The molecule has 27 heavy (non-hydrogen) atoms. The van der Waals surface area contributed by atoms with Gasteiger partial charge in [0.1, 0.15) is 5.15 Å². The Morgan fingerprint density at radius 2 is 2.07 bits per heavy atom. The van der Waals surface area contributed by atoms with Crippen molar-refractivity contribution in [2.75, 3.05) is 51.4 Å². The maximum absolute atomic E-state index is 12.7. The van der Waals surface area contributed by atoms with Crippen molar-refractivity contribution in [3.05, 3.63) is 10.0 Å². The number of hydrogen-bond donors (Lipinski definition) is 0. The van der Waals surface area contributed by atoms with E-state index < -0.39 is 5.41 Å². The molecule has 0 radical (unpaired) electrons. The first-order chi connectivity index (χ1) is 13.1. The summed E-state index contributed by atoms with van der Waals surface area (Å²) in [6.45, 7) is 7.34. The first-order valence-corrected chi connectivity index (χ1v) is 11.1. The fraction of sp³-hybridized carbons (Fsp3) is 0.789. The van der Waals surface area contributed by atoms with Crippen LogP contribution < -0.4 is 4.90 Å². The van der Waals surface area contributed by atoms with Crippen LogP contribution in [0, 0.1) is 5.41 Å². The van der Waals surface area contributed by atoms with Gasteiger partial charge in [0.15, 0.2) is 5.13 Å². The van der Waals surface area contributed by atoms with Crippen molar-refractivity contribution in [2.24, 2.45) is 5.41 Å². The predicted molar refractivity (Wildman–Crippen MR) is 109 cm³/mol. The molecular weight excluding hydrogens is 386 g/mol. The second-order valence-corrected chi connectivity index (χ2v) is 8.88. The quantitative estimate of drug-likeness (QED) is 0.605. The maximum Gasteiger partial charge on any atom is 0.313 e. The van der Waals surface area contributed by atoms with Crippen molar-refractivity contribution in [2.45, 2.75) is 45.6 Å². The number of rotatable bonds is 8. The normalized spacial score (nSPS) is 23.7. The number of nitrogens with zero attached hydrogens (tertiary/aromatic N) is 3. The minimum absolute atomic E-state index is 0.0973. The molecule has 0 N–H and O–H groups in total. The van der Waals surface area contributed by atoms with Gasteiger partial charge in [0, 0.05) is 39.9 Å². The summed E-state index contributed by atoms with van der Waals surface area (Å²) in [5, 5.41) is 1.63. The summed E-state index contributed by atoms with van der Waals surface area (Å²) in [4.78, 5) is 23.0. The molecule has 0 spiro atoms. The number of carbonyl (C=O) groups excluding carboxylic acids is 1. The number of halogens is 1. The van der Waals surface area contributed by atoms with Gasteiger partial charge in [0.05, 0.1) is 16.9 Å². The number of esters is 1. The van der Waals surface area contributed by atoms with Crippen LogP contribution in [0.2, 0.25) is 5.15 Å². The molecule has 152 valence electrons. The zero-order valence-corrected chi connectivity index (χ0v) is 17.9. The molecule has 3 heterocycles. The van der Waals surface area contributed by atoms with Crippen molar-refractivity contribution in [1.29, 1.82) is 0 Å². The Bertz CT molecular complexity index is 636. The molecule has 2 aliphatic rings. The highest BCUT2D eigenvalue weighted by atomic mass is 35.5. The molecule has 1 unspecified atom stereocenters. The minimum Gasteiger partial charge on any atom is -0.466 e. The molecule has 2 fully saturated rings. The Morgan fingerprint density at radius 3 is 2.78 bits per heavy atom. The van der Waals surface area contributed by atoms with E-state index in [0.29, 0.717) is 31.3 Å². The van der Waals surface area contributed by atoms with Crippen LogP contribution in [0.4, 0.5) is 5.13 Å². The monoisotopic (exact) mass is 415 g/mol. The van der Waals surface area contributed by atoms with Crippen LogP contribution in [0.5, 0.6) is 0 Å². The molecule has 3 rings (SSSR count).